The number of rotatable bonds is 4. The van der Waals surface area contributed by atoms with E-state index >= 15 is 0 Å². The number of nitrogens with zero attached hydrogens (tertiary/aromatic N) is 1. The second-order valence-corrected chi connectivity index (χ2v) is 6.50. The summed E-state index contributed by atoms with van der Waals surface area (Å²) >= 11 is 0. The summed E-state index contributed by atoms with van der Waals surface area (Å²) in [4.78, 5) is 0.661. The molecule has 2 rings (SSSR count). The van der Waals surface area contributed by atoms with E-state index in [1.54, 1.807) is 6.92 Å². The largest absolute Gasteiger partial charge is 0.237 e. The van der Waals surface area contributed by atoms with Gasteiger partial charge in [-0.3, -0.25) is 0 Å². The Hall–Kier alpha value is -1.96. The Kier molecular flexibility index (Phi) is 4.56. The number of aryl methyl sites for hydroxylation is 2. The van der Waals surface area contributed by atoms with E-state index in [-0.39, 0.29) is 0 Å². The molecule has 3 nitrogen and oxygen atoms in total. The van der Waals surface area contributed by atoms with E-state index in [0.29, 0.717) is 4.90 Å². The van der Waals surface area contributed by atoms with Crippen LogP contribution in [0.2, 0.25) is 0 Å². The lowest BCUT2D eigenvalue weighted by Crippen LogP contribution is -2.39. The van der Waals surface area contributed by atoms with E-state index in [9.17, 15) is 9.47 Å². The fourth-order valence-electron chi connectivity index (χ4n) is 1.94. The van der Waals surface area contributed by atoms with Crippen LogP contribution in [0.5, 0.6) is 0 Å². The summed E-state index contributed by atoms with van der Waals surface area (Å²) in [5.41, 5.74) is 2.04. The highest BCUT2D eigenvalue weighted by Crippen LogP contribution is 2.22. The van der Waals surface area contributed by atoms with Crippen LogP contribution < -0.4 is 4.72 Å². The second kappa shape index (κ2) is 6.21. The molecule has 1 N–H and O–H groups in total. The van der Waals surface area contributed by atoms with Crippen molar-refractivity contribution in [3.05, 3.63) is 65.2 Å². The molecule has 0 saturated carbocycles. The van der Waals surface area contributed by atoms with Gasteiger partial charge in [-0.25, -0.2) is 8.93 Å². The molecular weight excluding hydrogens is 280 g/mol. The zero-order chi connectivity index (χ0) is 15.5. The molecule has 0 aliphatic rings. The normalized spacial score (nSPS) is 15.0. The van der Waals surface area contributed by atoms with Gasteiger partial charge in [-0.05, 0) is 38.5 Å². The maximum Gasteiger partial charge on any atom is 0.140 e. The zero-order valence-corrected chi connectivity index (χ0v) is 13.2. The maximum absolute atomic E-state index is 12.4. The predicted molar refractivity (Wildman–Crippen MR) is 84.9 cm³/mol. The van der Waals surface area contributed by atoms with Gasteiger partial charge in [0.15, 0.2) is 0 Å². The van der Waals surface area contributed by atoms with Gasteiger partial charge >= 0.3 is 0 Å². The van der Waals surface area contributed by atoms with Crippen molar-refractivity contribution in [3.63, 3.8) is 0 Å². The molecule has 0 unspecified atom stereocenters. The summed E-state index contributed by atoms with van der Waals surface area (Å²) in [6, 6.07) is 17.3. The van der Waals surface area contributed by atoms with Crippen molar-refractivity contribution in [3.8, 4) is 6.07 Å². The number of nitriles is 1. The van der Waals surface area contributed by atoms with Crippen LogP contribution in [0.4, 0.5) is 0 Å². The molecule has 0 aliphatic carbocycles. The zero-order valence-electron chi connectivity index (χ0n) is 12.4. The summed E-state index contributed by atoms with van der Waals surface area (Å²) < 4.78 is 15.3. The van der Waals surface area contributed by atoms with Gasteiger partial charge in [0.2, 0.25) is 0 Å². The van der Waals surface area contributed by atoms with Crippen molar-refractivity contribution < 1.29 is 4.21 Å². The van der Waals surface area contributed by atoms with Gasteiger partial charge in [0.05, 0.1) is 11.0 Å². The number of hydrogen-bond acceptors (Lipinski definition) is 2. The third kappa shape index (κ3) is 3.57. The van der Waals surface area contributed by atoms with Crippen molar-refractivity contribution in [2.24, 2.45) is 0 Å². The lowest BCUT2D eigenvalue weighted by atomic mass is 9.94. The summed E-state index contributed by atoms with van der Waals surface area (Å²) in [7, 11) is -1.44. The molecule has 0 fully saturated rings. The van der Waals surface area contributed by atoms with Gasteiger partial charge in [0, 0.05) is 0 Å². The number of hydrogen-bond donors (Lipinski definition) is 1. The Balaban J connectivity index is 2.26. The quantitative estimate of drug-likeness (QED) is 0.941. The summed E-state index contributed by atoms with van der Waals surface area (Å²) in [5.74, 6) is 0. The molecule has 0 bridgehead atoms. The third-order valence-corrected chi connectivity index (χ3v) is 4.68. The number of benzene rings is 2. The SMILES string of the molecule is Cc1ccc([S@](=O)N[C@](C)(C#N)c2ccc(C)cc2)cc1. The van der Waals surface area contributed by atoms with Crippen LogP contribution in [-0.2, 0) is 16.5 Å². The molecule has 108 valence electrons. The third-order valence-electron chi connectivity index (χ3n) is 3.38. The summed E-state index contributed by atoms with van der Waals surface area (Å²) in [6.07, 6.45) is 0. The Bertz CT molecular complexity index is 686. The molecule has 0 heterocycles. The van der Waals surface area contributed by atoms with E-state index in [1.165, 1.54) is 0 Å². The molecule has 0 aliphatic heterocycles. The van der Waals surface area contributed by atoms with Crippen molar-refractivity contribution in [2.75, 3.05) is 0 Å². The van der Waals surface area contributed by atoms with E-state index < -0.39 is 16.5 Å². The van der Waals surface area contributed by atoms with Gasteiger partial charge < -0.3 is 0 Å². The van der Waals surface area contributed by atoms with Crippen LogP contribution in [0.1, 0.15) is 23.6 Å². The molecule has 2 atom stereocenters. The Morgan fingerprint density at radius 2 is 1.48 bits per heavy atom. The first-order valence-corrected chi connectivity index (χ1v) is 7.84. The maximum atomic E-state index is 12.4. The van der Waals surface area contributed by atoms with Crippen LogP contribution in [0, 0.1) is 25.2 Å². The molecule has 21 heavy (non-hydrogen) atoms. The lowest BCUT2D eigenvalue weighted by molar-refractivity contribution is 0.569. The van der Waals surface area contributed by atoms with Gasteiger partial charge in [-0.2, -0.15) is 5.26 Å². The van der Waals surface area contributed by atoms with E-state index in [0.717, 1.165) is 16.7 Å². The monoisotopic (exact) mass is 298 g/mol. The van der Waals surface area contributed by atoms with Gasteiger partial charge in [0.1, 0.15) is 16.5 Å². The highest BCUT2D eigenvalue weighted by atomic mass is 32.2. The smallest absolute Gasteiger partial charge is 0.140 e. The van der Waals surface area contributed by atoms with Crippen molar-refractivity contribution in [1.82, 2.24) is 4.72 Å². The second-order valence-electron chi connectivity index (χ2n) is 5.29. The number of nitrogens with one attached hydrogen (secondary N) is 1. The van der Waals surface area contributed by atoms with Gasteiger partial charge in [0.25, 0.3) is 0 Å². The lowest BCUT2D eigenvalue weighted by Gasteiger charge is -2.23. The van der Waals surface area contributed by atoms with Crippen molar-refractivity contribution >= 4 is 11.0 Å². The Morgan fingerprint density at radius 3 is 1.95 bits per heavy atom. The topological polar surface area (TPSA) is 52.9 Å². The Labute approximate surface area is 128 Å². The minimum atomic E-state index is -1.44. The molecular formula is C17H18N2OS. The van der Waals surface area contributed by atoms with E-state index in [1.807, 2.05) is 62.4 Å². The molecule has 4 heteroatoms. The van der Waals surface area contributed by atoms with E-state index in [2.05, 4.69) is 10.8 Å². The standard InChI is InChI=1S/C17H18N2OS/c1-13-4-8-15(9-5-13)17(3,12-18)19-21(20)16-10-6-14(2)7-11-16/h4-11,19H,1-3H3/t17-,21+/m1/s1. The molecule has 2 aromatic carbocycles. The van der Waals surface area contributed by atoms with Crippen molar-refractivity contribution in [2.45, 2.75) is 31.2 Å². The average Bonchev–Trinajstić information content (AvgIpc) is 2.48. The minimum absolute atomic E-state index is 0.661. The predicted octanol–water partition coefficient (Wildman–Crippen LogP) is 3.35. The summed E-state index contributed by atoms with van der Waals surface area (Å²) in [5, 5.41) is 9.50. The minimum Gasteiger partial charge on any atom is -0.237 e. The first-order valence-electron chi connectivity index (χ1n) is 6.69. The Morgan fingerprint density at radius 1 is 1.00 bits per heavy atom. The van der Waals surface area contributed by atoms with E-state index in [4.69, 9.17) is 0 Å². The molecule has 2 aromatic rings. The summed E-state index contributed by atoms with van der Waals surface area (Å²) in [6.45, 7) is 5.71. The molecule has 0 aromatic heterocycles. The highest BCUT2D eigenvalue weighted by Gasteiger charge is 2.28. The fourth-order valence-corrected chi connectivity index (χ4v) is 2.97. The molecule has 0 spiro atoms. The first-order chi connectivity index (χ1) is 9.94. The highest BCUT2D eigenvalue weighted by molar-refractivity contribution is 7.83. The van der Waals surface area contributed by atoms with Crippen LogP contribution in [0.25, 0.3) is 0 Å². The fraction of sp³-hybridized carbons (Fsp3) is 0.235. The molecule has 0 radical (unpaired) electrons. The van der Waals surface area contributed by atoms with Crippen LogP contribution in [-0.4, -0.2) is 4.21 Å². The van der Waals surface area contributed by atoms with Crippen LogP contribution in [0.15, 0.2) is 53.4 Å². The van der Waals surface area contributed by atoms with Crippen molar-refractivity contribution in [1.29, 1.82) is 5.26 Å². The first kappa shape index (κ1) is 15.4. The van der Waals surface area contributed by atoms with Gasteiger partial charge in [-0.1, -0.05) is 47.5 Å². The van der Waals surface area contributed by atoms with Gasteiger partial charge in [-0.15, -0.1) is 0 Å². The van der Waals surface area contributed by atoms with Crippen LogP contribution in [0.3, 0.4) is 0 Å². The molecule has 0 amide bonds. The average molecular weight is 298 g/mol. The molecule has 0 saturated heterocycles. The van der Waals surface area contributed by atoms with Crippen LogP contribution >= 0.6 is 0 Å².